The molecule has 142 valence electrons. The maximum Gasteiger partial charge on any atom is 0.242 e. The van der Waals surface area contributed by atoms with Crippen molar-refractivity contribution in [2.45, 2.75) is 31.7 Å². The van der Waals surface area contributed by atoms with Gasteiger partial charge in [-0.3, -0.25) is 0 Å². The number of sulfonamides is 1. The van der Waals surface area contributed by atoms with Gasteiger partial charge in [0.25, 0.3) is 0 Å². The van der Waals surface area contributed by atoms with Crippen molar-refractivity contribution in [3.63, 3.8) is 0 Å². The van der Waals surface area contributed by atoms with E-state index in [1.54, 1.807) is 41.2 Å². The average molecular weight is 404 g/mol. The molecule has 1 atom stereocenters. The summed E-state index contributed by atoms with van der Waals surface area (Å²) >= 11 is 6.00. The highest BCUT2D eigenvalue weighted by molar-refractivity contribution is 7.89. The standard InChI is InChI=1S/C20H22ClN3O2S/c1-13-11-14(2)19(15(3)12-13)27(25,26)23-18(20-22-9-10-24(20)4)16-5-7-17(21)8-6-16/h5-12,18,23H,1-4H3/t18-/m1/s1. The number of aryl methyl sites for hydroxylation is 4. The van der Waals surface area contributed by atoms with Crippen LogP contribution in [0.2, 0.25) is 5.02 Å². The Labute approximate surface area is 165 Å². The molecule has 0 aliphatic rings. The zero-order valence-electron chi connectivity index (χ0n) is 15.7. The van der Waals surface area contributed by atoms with Crippen LogP contribution in [0.15, 0.2) is 53.7 Å². The summed E-state index contributed by atoms with van der Waals surface area (Å²) in [6.45, 7) is 5.58. The van der Waals surface area contributed by atoms with Crippen LogP contribution in [-0.2, 0) is 17.1 Å². The lowest BCUT2D eigenvalue weighted by Gasteiger charge is -2.21. The summed E-state index contributed by atoms with van der Waals surface area (Å²) < 4.78 is 31.2. The molecule has 0 fully saturated rings. The molecule has 2 aromatic carbocycles. The number of hydrogen-bond acceptors (Lipinski definition) is 3. The molecule has 3 rings (SSSR count). The number of aromatic nitrogens is 2. The van der Waals surface area contributed by atoms with E-state index in [-0.39, 0.29) is 0 Å². The SMILES string of the molecule is Cc1cc(C)c(S(=O)(=O)N[C@H](c2ccc(Cl)cc2)c2nccn2C)c(C)c1. The second-order valence-corrected chi connectivity index (χ2v) is 8.82. The van der Waals surface area contributed by atoms with E-state index in [0.29, 0.717) is 15.7 Å². The van der Waals surface area contributed by atoms with Gasteiger partial charge < -0.3 is 4.57 Å². The minimum Gasteiger partial charge on any atom is -0.336 e. The highest BCUT2D eigenvalue weighted by Crippen LogP contribution is 2.27. The van der Waals surface area contributed by atoms with Crippen molar-refractivity contribution in [3.8, 4) is 0 Å². The lowest BCUT2D eigenvalue weighted by atomic mass is 10.1. The highest BCUT2D eigenvalue weighted by Gasteiger charge is 2.28. The molecule has 0 bridgehead atoms. The molecule has 0 aliphatic carbocycles. The average Bonchev–Trinajstić information content (AvgIpc) is 2.98. The Balaban J connectivity index is 2.09. The van der Waals surface area contributed by atoms with Gasteiger partial charge in [0, 0.05) is 24.5 Å². The van der Waals surface area contributed by atoms with Gasteiger partial charge in [-0.25, -0.2) is 13.4 Å². The first kappa shape index (κ1) is 19.6. The Bertz CT molecular complexity index is 1050. The molecule has 0 unspecified atom stereocenters. The summed E-state index contributed by atoms with van der Waals surface area (Å²) in [5, 5.41) is 0.588. The first-order valence-electron chi connectivity index (χ1n) is 8.52. The van der Waals surface area contributed by atoms with Crippen LogP contribution < -0.4 is 4.72 Å². The minimum atomic E-state index is -3.77. The highest BCUT2D eigenvalue weighted by atomic mass is 35.5. The molecule has 1 N–H and O–H groups in total. The third-order valence-corrected chi connectivity index (χ3v) is 6.45. The number of hydrogen-bond donors (Lipinski definition) is 1. The van der Waals surface area contributed by atoms with Crippen molar-refractivity contribution in [1.82, 2.24) is 14.3 Å². The molecule has 0 aliphatic heterocycles. The van der Waals surface area contributed by atoms with E-state index in [0.717, 1.165) is 22.3 Å². The number of nitrogens with zero attached hydrogens (tertiary/aromatic N) is 2. The maximum atomic E-state index is 13.3. The largest absolute Gasteiger partial charge is 0.336 e. The van der Waals surface area contributed by atoms with Gasteiger partial charge in [-0.1, -0.05) is 41.4 Å². The first-order valence-corrected chi connectivity index (χ1v) is 10.4. The van der Waals surface area contributed by atoms with Crippen LogP contribution in [0.4, 0.5) is 0 Å². The fourth-order valence-electron chi connectivity index (χ4n) is 3.39. The van der Waals surface area contributed by atoms with Crippen molar-refractivity contribution < 1.29 is 8.42 Å². The lowest BCUT2D eigenvalue weighted by Crippen LogP contribution is -2.32. The number of benzene rings is 2. The Morgan fingerprint density at radius 1 is 1.07 bits per heavy atom. The molecule has 3 aromatic rings. The summed E-state index contributed by atoms with van der Waals surface area (Å²) in [7, 11) is -1.94. The third-order valence-electron chi connectivity index (χ3n) is 4.47. The van der Waals surface area contributed by atoms with E-state index in [1.807, 2.05) is 40.0 Å². The molecule has 27 heavy (non-hydrogen) atoms. The normalized spacial score (nSPS) is 12.9. The van der Waals surface area contributed by atoms with Crippen molar-refractivity contribution in [3.05, 3.63) is 81.9 Å². The van der Waals surface area contributed by atoms with Crippen LogP contribution >= 0.6 is 11.6 Å². The summed E-state index contributed by atoms with van der Waals surface area (Å²) in [5.74, 6) is 0.600. The van der Waals surface area contributed by atoms with E-state index in [1.165, 1.54) is 0 Å². The third kappa shape index (κ3) is 4.08. The van der Waals surface area contributed by atoms with Crippen molar-refractivity contribution in [2.75, 3.05) is 0 Å². The van der Waals surface area contributed by atoms with Gasteiger partial charge in [0.05, 0.1) is 4.90 Å². The Morgan fingerprint density at radius 2 is 1.67 bits per heavy atom. The molecular formula is C20H22ClN3O2S. The van der Waals surface area contributed by atoms with Crippen molar-refractivity contribution in [2.24, 2.45) is 7.05 Å². The lowest BCUT2D eigenvalue weighted by molar-refractivity contribution is 0.561. The number of imidazole rings is 1. The smallest absolute Gasteiger partial charge is 0.242 e. The molecule has 0 saturated carbocycles. The summed E-state index contributed by atoms with van der Waals surface area (Å²) in [6.07, 6.45) is 3.43. The van der Waals surface area contributed by atoms with Gasteiger partial charge in [0.2, 0.25) is 10.0 Å². The van der Waals surface area contributed by atoms with Crippen LogP contribution in [0.25, 0.3) is 0 Å². The number of nitrogens with one attached hydrogen (secondary N) is 1. The molecule has 0 spiro atoms. The molecule has 5 nitrogen and oxygen atoms in total. The van der Waals surface area contributed by atoms with Gasteiger partial charge in [-0.2, -0.15) is 4.72 Å². The molecular weight excluding hydrogens is 382 g/mol. The monoisotopic (exact) mass is 403 g/mol. The molecule has 0 amide bonds. The predicted octanol–water partition coefficient (Wildman–Crippen LogP) is 4.07. The number of halogens is 1. The van der Waals surface area contributed by atoms with E-state index in [9.17, 15) is 8.42 Å². The fraction of sp³-hybridized carbons (Fsp3) is 0.250. The van der Waals surface area contributed by atoms with Gasteiger partial charge in [0.15, 0.2) is 0 Å². The fourth-order valence-corrected chi connectivity index (χ4v) is 5.15. The van der Waals surface area contributed by atoms with Gasteiger partial charge in [-0.05, 0) is 49.6 Å². The molecule has 0 saturated heterocycles. The predicted molar refractivity (Wildman–Crippen MR) is 107 cm³/mol. The topological polar surface area (TPSA) is 64.0 Å². The molecule has 1 heterocycles. The summed E-state index contributed by atoms with van der Waals surface area (Å²) in [4.78, 5) is 4.66. The van der Waals surface area contributed by atoms with Crippen molar-refractivity contribution >= 4 is 21.6 Å². The van der Waals surface area contributed by atoms with Gasteiger partial charge in [-0.15, -0.1) is 0 Å². The molecule has 0 radical (unpaired) electrons. The zero-order valence-corrected chi connectivity index (χ0v) is 17.3. The van der Waals surface area contributed by atoms with Crippen molar-refractivity contribution in [1.29, 1.82) is 0 Å². The van der Waals surface area contributed by atoms with Gasteiger partial charge in [0.1, 0.15) is 11.9 Å². The summed E-state index contributed by atoms with van der Waals surface area (Å²) in [5.41, 5.74) is 3.23. The van der Waals surface area contributed by atoms with Gasteiger partial charge >= 0.3 is 0 Å². The Morgan fingerprint density at radius 3 is 2.19 bits per heavy atom. The number of rotatable bonds is 5. The molecule has 1 aromatic heterocycles. The first-order chi connectivity index (χ1) is 12.7. The van der Waals surface area contributed by atoms with Crippen LogP contribution in [-0.4, -0.2) is 18.0 Å². The summed E-state index contributed by atoms with van der Waals surface area (Å²) in [6, 6.07) is 10.2. The second kappa shape index (κ2) is 7.46. The van der Waals surface area contributed by atoms with E-state index >= 15 is 0 Å². The van der Waals surface area contributed by atoms with Crippen LogP contribution in [0, 0.1) is 20.8 Å². The van der Waals surface area contributed by atoms with Crippen LogP contribution in [0.1, 0.15) is 34.1 Å². The Kier molecular flexibility index (Phi) is 5.42. The maximum absolute atomic E-state index is 13.3. The Hall–Kier alpha value is -2.15. The zero-order chi connectivity index (χ0) is 19.8. The minimum absolute atomic E-state index is 0.307. The van der Waals surface area contributed by atoms with Crippen LogP contribution in [0.5, 0.6) is 0 Å². The van der Waals surface area contributed by atoms with E-state index in [2.05, 4.69) is 9.71 Å². The molecule has 7 heteroatoms. The van der Waals surface area contributed by atoms with Crippen LogP contribution in [0.3, 0.4) is 0 Å². The van der Waals surface area contributed by atoms with E-state index < -0.39 is 16.1 Å². The second-order valence-electron chi connectivity index (χ2n) is 6.73. The van der Waals surface area contributed by atoms with E-state index in [4.69, 9.17) is 11.6 Å². The quantitative estimate of drug-likeness (QED) is 0.698.